The predicted octanol–water partition coefficient (Wildman–Crippen LogP) is 3.86. The van der Waals surface area contributed by atoms with Crippen LogP contribution in [0.5, 0.6) is 0 Å². The Hall–Kier alpha value is -1.17. The van der Waals surface area contributed by atoms with Gasteiger partial charge in [0, 0.05) is 21.3 Å². The number of rotatable bonds is 6. The number of benzene rings is 1. The lowest BCUT2D eigenvalue weighted by Crippen LogP contribution is -2.00. The molecule has 1 N–H and O–H groups in total. The smallest absolute Gasteiger partial charge is 0.261 e. The van der Waals surface area contributed by atoms with E-state index in [-0.39, 0.29) is 4.90 Å². The van der Waals surface area contributed by atoms with Crippen molar-refractivity contribution in [1.29, 1.82) is 0 Å². The fraction of sp³-hybridized carbons (Fsp3) is 0.0769. The monoisotopic (exact) mass is 315 g/mol. The Morgan fingerprint density at radius 1 is 1.47 bits per heavy atom. The fourth-order valence-electron chi connectivity index (χ4n) is 1.15. The van der Waals surface area contributed by atoms with E-state index in [1.54, 1.807) is 18.2 Å². The van der Waals surface area contributed by atoms with Crippen molar-refractivity contribution in [2.45, 2.75) is 16.7 Å². The van der Waals surface area contributed by atoms with Gasteiger partial charge in [-0.05, 0) is 49.2 Å². The highest BCUT2D eigenvalue weighted by atomic mass is 35.7. The molecule has 6 heteroatoms. The van der Waals surface area contributed by atoms with E-state index in [2.05, 4.69) is 11.3 Å². The van der Waals surface area contributed by atoms with Crippen LogP contribution in [0, 0.1) is 0 Å². The molecule has 3 nitrogen and oxygen atoms in total. The molecule has 0 bridgehead atoms. The Kier molecular flexibility index (Phi) is 6.21. The molecule has 0 fully saturated rings. The summed E-state index contributed by atoms with van der Waals surface area (Å²) in [5.41, 5.74) is 0.822. The van der Waals surface area contributed by atoms with Crippen LogP contribution in [0.15, 0.2) is 70.6 Å². The molecule has 0 aliphatic carbocycles. The summed E-state index contributed by atoms with van der Waals surface area (Å²) in [5.74, 6) is 0. The third kappa shape index (κ3) is 5.55. The summed E-state index contributed by atoms with van der Waals surface area (Å²) in [5, 5.41) is 0. The van der Waals surface area contributed by atoms with E-state index in [1.807, 2.05) is 25.2 Å². The van der Waals surface area contributed by atoms with E-state index in [1.165, 1.54) is 24.1 Å². The summed E-state index contributed by atoms with van der Waals surface area (Å²) >= 11 is 1.29. The van der Waals surface area contributed by atoms with Crippen LogP contribution in [0.4, 0.5) is 0 Å². The second-order valence-corrected chi connectivity index (χ2v) is 6.91. The van der Waals surface area contributed by atoms with E-state index in [0.29, 0.717) is 0 Å². The Labute approximate surface area is 122 Å². The molecule has 0 heterocycles. The predicted molar refractivity (Wildman–Crippen MR) is 81.6 cm³/mol. The zero-order valence-corrected chi connectivity index (χ0v) is 12.7. The number of allylic oxidation sites excluding steroid dienone is 4. The van der Waals surface area contributed by atoms with Gasteiger partial charge in [0.2, 0.25) is 0 Å². The molecule has 0 aliphatic rings. The summed E-state index contributed by atoms with van der Waals surface area (Å²) in [7, 11) is 1.60. The first-order chi connectivity index (χ1) is 8.97. The summed E-state index contributed by atoms with van der Waals surface area (Å²) < 4.78 is 25.5. The molecule has 0 unspecified atom stereocenters. The Morgan fingerprint density at radius 3 is 2.79 bits per heavy atom. The van der Waals surface area contributed by atoms with Crippen molar-refractivity contribution in [3.05, 3.63) is 60.8 Å². The summed E-state index contributed by atoms with van der Waals surface area (Å²) in [6.45, 7) is 5.60. The van der Waals surface area contributed by atoms with Crippen molar-refractivity contribution in [1.82, 2.24) is 4.72 Å². The van der Waals surface area contributed by atoms with Gasteiger partial charge in [0.1, 0.15) is 0 Å². The van der Waals surface area contributed by atoms with Crippen molar-refractivity contribution in [2.75, 3.05) is 0 Å². The van der Waals surface area contributed by atoms with Gasteiger partial charge in [-0.3, -0.25) is 0 Å². The number of hydrogen-bond donors (Lipinski definition) is 1. The third-order valence-electron chi connectivity index (χ3n) is 2.06. The Balaban J connectivity index is 2.81. The molecular weight excluding hydrogens is 302 g/mol. The summed E-state index contributed by atoms with van der Waals surface area (Å²) in [6, 6.07) is 6.40. The van der Waals surface area contributed by atoms with Crippen LogP contribution in [0.1, 0.15) is 6.92 Å². The van der Waals surface area contributed by atoms with Gasteiger partial charge < -0.3 is 4.72 Å². The summed E-state index contributed by atoms with van der Waals surface area (Å²) in [4.78, 5) is 0.827. The first kappa shape index (κ1) is 15.9. The van der Waals surface area contributed by atoms with Crippen molar-refractivity contribution in [2.24, 2.45) is 0 Å². The molecule has 1 aromatic rings. The van der Waals surface area contributed by atoms with Crippen LogP contribution in [0.2, 0.25) is 0 Å². The molecule has 0 spiro atoms. The van der Waals surface area contributed by atoms with Crippen molar-refractivity contribution >= 4 is 31.7 Å². The third-order valence-corrected chi connectivity index (χ3v) is 4.24. The van der Waals surface area contributed by atoms with Crippen molar-refractivity contribution in [3.63, 3.8) is 0 Å². The van der Waals surface area contributed by atoms with Crippen LogP contribution >= 0.6 is 22.6 Å². The molecular formula is C13H14ClNO2S2. The minimum atomic E-state index is -3.70. The van der Waals surface area contributed by atoms with Crippen LogP contribution < -0.4 is 4.72 Å². The second kappa shape index (κ2) is 7.43. The van der Waals surface area contributed by atoms with Crippen LogP contribution in [0.3, 0.4) is 0 Å². The largest absolute Gasteiger partial charge is 0.326 e. The fourth-order valence-corrected chi connectivity index (χ4v) is 2.74. The normalized spacial score (nSPS) is 12.6. The maximum Gasteiger partial charge on any atom is 0.261 e. The second-order valence-electron chi connectivity index (χ2n) is 3.47. The lowest BCUT2D eigenvalue weighted by Gasteiger charge is -2.06. The maximum atomic E-state index is 11.2. The highest BCUT2D eigenvalue weighted by molar-refractivity contribution is 8.13. The number of nitrogens with one attached hydrogen (secondary N) is 1. The van der Waals surface area contributed by atoms with Gasteiger partial charge in [-0.2, -0.15) is 0 Å². The van der Waals surface area contributed by atoms with Gasteiger partial charge in [-0.1, -0.05) is 24.8 Å². The minimum absolute atomic E-state index is 0.0820. The number of halogens is 1. The van der Waals surface area contributed by atoms with Crippen molar-refractivity contribution in [3.8, 4) is 0 Å². The van der Waals surface area contributed by atoms with Gasteiger partial charge in [-0.15, -0.1) is 0 Å². The SMILES string of the molecule is C=C/C(=C\C=C/C)NSc1cccc(S(=O)(=O)Cl)c1. The lowest BCUT2D eigenvalue weighted by molar-refractivity contribution is 0.609. The van der Waals surface area contributed by atoms with Crippen LogP contribution in [-0.2, 0) is 9.05 Å². The van der Waals surface area contributed by atoms with Crippen LogP contribution in [-0.4, -0.2) is 8.42 Å². The zero-order valence-electron chi connectivity index (χ0n) is 10.3. The standard InChI is InChI=1S/C13H14ClNO2S2/c1-3-5-7-11(4-2)15-18-12-8-6-9-13(10-12)19(14,16)17/h3-10,15H,2H2,1H3/b5-3-,11-7+. The lowest BCUT2D eigenvalue weighted by atomic mass is 10.4. The highest BCUT2D eigenvalue weighted by Crippen LogP contribution is 2.22. The molecule has 1 aromatic carbocycles. The summed E-state index contributed by atoms with van der Waals surface area (Å²) in [6.07, 6.45) is 7.32. The molecule has 0 aromatic heterocycles. The first-order valence-corrected chi connectivity index (χ1v) is 8.53. The van der Waals surface area contributed by atoms with Gasteiger partial charge in [0.15, 0.2) is 0 Å². The minimum Gasteiger partial charge on any atom is -0.326 e. The van der Waals surface area contributed by atoms with E-state index in [0.717, 1.165) is 10.6 Å². The topological polar surface area (TPSA) is 46.2 Å². The van der Waals surface area contributed by atoms with E-state index < -0.39 is 9.05 Å². The van der Waals surface area contributed by atoms with Gasteiger partial charge in [-0.25, -0.2) is 8.42 Å². The average Bonchev–Trinajstić information content (AvgIpc) is 2.38. The van der Waals surface area contributed by atoms with E-state index >= 15 is 0 Å². The van der Waals surface area contributed by atoms with Gasteiger partial charge in [0.25, 0.3) is 9.05 Å². The van der Waals surface area contributed by atoms with E-state index in [9.17, 15) is 8.42 Å². The van der Waals surface area contributed by atoms with Crippen LogP contribution in [0.25, 0.3) is 0 Å². The molecule has 0 saturated heterocycles. The maximum absolute atomic E-state index is 11.2. The van der Waals surface area contributed by atoms with Gasteiger partial charge >= 0.3 is 0 Å². The highest BCUT2D eigenvalue weighted by Gasteiger charge is 2.10. The Bertz CT molecular complexity index is 607. The molecule has 102 valence electrons. The number of hydrogen-bond acceptors (Lipinski definition) is 4. The quantitative estimate of drug-likeness (QED) is 0.492. The molecule has 0 saturated carbocycles. The molecule has 19 heavy (non-hydrogen) atoms. The van der Waals surface area contributed by atoms with Gasteiger partial charge in [0.05, 0.1) is 4.90 Å². The van der Waals surface area contributed by atoms with Crippen molar-refractivity contribution < 1.29 is 8.42 Å². The molecule has 0 atom stereocenters. The van der Waals surface area contributed by atoms with E-state index in [4.69, 9.17) is 10.7 Å². The molecule has 1 rings (SSSR count). The molecule has 0 radical (unpaired) electrons. The molecule has 0 aliphatic heterocycles. The first-order valence-electron chi connectivity index (χ1n) is 5.40. The zero-order chi connectivity index (χ0) is 14.3. The molecule has 0 amide bonds. The average molecular weight is 316 g/mol. The Morgan fingerprint density at radius 2 is 2.21 bits per heavy atom.